The Kier molecular flexibility index (Phi) is 3.26. The van der Waals surface area contributed by atoms with Crippen molar-refractivity contribution in [1.82, 2.24) is 0 Å². The second-order valence-corrected chi connectivity index (χ2v) is 7.36. The molecule has 0 spiro atoms. The summed E-state index contributed by atoms with van der Waals surface area (Å²) in [6.07, 6.45) is 0. The smallest absolute Gasteiger partial charge is 0.0743 e. The van der Waals surface area contributed by atoms with Gasteiger partial charge in [-0.05, 0) is 56.8 Å². The molecule has 0 saturated heterocycles. The summed E-state index contributed by atoms with van der Waals surface area (Å²) in [5.74, 6) is 0. The summed E-state index contributed by atoms with van der Waals surface area (Å²) in [7, 11) is 0. The monoisotopic (exact) mass is 412 g/mol. The van der Waals surface area contributed by atoms with Crippen molar-refractivity contribution in [3.8, 4) is 11.1 Å². The molecule has 0 bridgehead atoms. The molecule has 0 radical (unpaired) electrons. The first-order chi connectivity index (χ1) is 6.27. The Hall–Kier alpha value is 0.380. The van der Waals surface area contributed by atoms with Gasteiger partial charge in [-0.3, -0.25) is 0 Å². The van der Waals surface area contributed by atoms with Crippen molar-refractivity contribution in [3.63, 3.8) is 0 Å². The van der Waals surface area contributed by atoms with E-state index in [-0.39, 0.29) is 0 Å². The first-order valence-electron chi connectivity index (χ1n) is 3.77. The Bertz CT molecular complexity index is 406. The molecule has 1 heterocycles. The van der Waals surface area contributed by atoms with Gasteiger partial charge in [0.25, 0.3) is 0 Å². The number of rotatable bonds is 1. The molecule has 2 rings (SSSR count). The Morgan fingerprint density at radius 2 is 1.69 bits per heavy atom. The number of thiophene rings is 1. The highest BCUT2D eigenvalue weighted by molar-refractivity contribution is 14.1. The fourth-order valence-corrected chi connectivity index (χ4v) is 5.20. The van der Waals surface area contributed by atoms with Crippen LogP contribution in [0.15, 0.2) is 36.4 Å². The van der Waals surface area contributed by atoms with E-state index in [1.54, 1.807) is 0 Å². The lowest BCUT2D eigenvalue weighted by atomic mass is 10.1. The van der Waals surface area contributed by atoms with E-state index in [1.807, 2.05) is 17.4 Å². The molecule has 0 fully saturated rings. The zero-order valence-electron chi connectivity index (χ0n) is 6.63. The fourth-order valence-electron chi connectivity index (χ4n) is 1.15. The van der Waals surface area contributed by atoms with E-state index in [9.17, 15) is 0 Å². The topological polar surface area (TPSA) is 0 Å². The third-order valence-electron chi connectivity index (χ3n) is 1.74. The molecule has 0 atom stereocenters. The fraction of sp³-hybridized carbons (Fsp3) is 0. The Morgan fingerprint density at radius 1 is 1.00 bits per heavy atom. The summed E-state index contributed by atoms with van der Waals surface area (Å²) < 4.78 is 2.72. The van der Waals surface area contributed by atoms with Crippen molar-refractivity contribution in [3.05, 3.63) is 42.2 Å². The van der Waals surface area contributed by atoms with E-state index in [0.717, 1.165) is 0 Å². The van der Waals surface area contributed by atoms with Crippen molar-refractivity contribution < 1.29 is 0 Å². The van der Waals surface area contributed by atoms with Crippen LogP contribution in [0.4, 0.5) is 0 Å². The molecule has 0 unspecified atom stereocenters. The minimum Gasteiger partial charge on any atom is -0.122 e. The van der Waals surface area contributed by atoms with E-state index >= 15 is 0 Å². The molecule has 0 aliphatic heterocycles. The van der Waals surface area contributed by atoms with Crippen LogP contribution in [0.5, 0.6) is 0 Å². The van der Waals surface area contributed by atoms with Gasteiger partial charge in [0.1, 0.15) is 0 Å². The first kappa shape index (κ1) is 9.92. The lowest BCUT2D eigenvalue weighted by molar-refractivity contribution is 1.66. The molecule has 13 heavy (non-hydrogen) atoms. The molecule has 1 aromatic carbocycles. The molecule has 0 saturated carbocycles. The van der Waals surface area contributed by atoms with Gasteiger partial charge < -0.3 is 0 Å². The predicted octanol–water partition coefficient (Wildman–Crippen LogP) is 4.62. The van der Waals surface area contributed by atoms with Gasteiger partial charge in [0.15, 0.2) is 0 Å². The summed E-state index contributed by atoms with van der Waals surface area (Å²) >= 11 is 6.60. The minimum absolute atomic E-state index is 1.31. The third kappa shape index (κ3) is 2.24. The standard InChI is InChI=1S/C10H6I2S/c11-9-6-8(10(12)13-9)7-4-2-1-3-5-7/h1-6H. The summed E-state index contributed by atoms with van der Waals surface area (Å²) in [5, 5.41) is 0. The molecular formula is C10H6I2S. The van der Waals surface area contributed by atoms with Gasteiger partial charge in [-0.2, -0.15) is 0 Å². The highest BCUT2D eigenvalue weighted by Gasteiger charge is 2.05. The maximum Gasteiger partial charge on any atom is 0.0743 e. The maximum atomic E-state index is 2.40. The van der Waals surface area contributed by atoms with Gasteiger partial charge >= 0.3 is 0 Å². The Morgan fingerprint density at radius 3 is 2.23 bits per heavy atom. The minimum atomic E-state index is 1.31. The molecule has 3 heteroatoms. The molecule has 0 aliphatic carbocycles. The van der Waals surface area contributed by atoms with Crippen LogP contribution in [0.1, 0.15) is 0 Å². The second-order valence-electron chi connectivity index (χ2n) is 2.60. The van der Waals surface area contributed by atoms with Crippen molar-refractivity contribution in [1.29, 1.82) is 0 Å². The molecular weight excluding hydrogens is 406 g/mol. The summed E-state index contributed by atoms with van der Waals surface area (Å²) in [6, 6.07) is 12.8. The average molecular weight is 412 g/mol. The van der Waals surface area contributed by atoms with E-state index in [0.29, 0.717) is 0 Å². The van der Waals surface area contributed by atoms with Crippen LogP contribution in [-0.2, 0) is 0 Å². The van der Waals surface area contributed by atoms with E-state index < -0.39 is 0 Å². The van der Waals surface area contributed by atoms with Gasteiger partial charge in [0, 0.05) is 5.56 Å². The number of hydrogen-bond donors (Lipinski definition) is 0. The quantitative estimate of drug-likeness (QED) is 0.600. The van der Waals surface area contributed by atoms with Crippen LogP contribution in [0.3, 0.4) is 0 Å². The molecule has 0 nitrogen and oxygen atoms in total. The predicted molar refractivity (Wildman–Crippen MR) is 75.2 cm³/mol. The summed E-state index contributed by atoms with van der Waals surface area (Å²) in [4.78, 5) is 0. The van der Waals surface area contributed by atoms with Crippen molar-refractivity contribution >= 4 is 56.5 Å². The molecule has 1 aromatic heterocycles. The van der Waals surface area contributed by atoms with Gasteiger partial charge in [0.05, 0.1) is 5.77 Å². The molecule has 0 amide bonds. The second kappa shape index (κ2) is 4.27. The van der Waals surface area contributed by atoms with Crippen LogP contribution in [0.25, 0.3) is 11.1 Å². The van der Waals surface area contributed by atoms with E-state index in [1.165, 1.54) is 16.9 Å². The molecule has 0 aliphatic rings. The lowest BCUT2D eigenvalue weighted by Crippen LogP contribution is -1.73. The van der Waals surface area contributed by atoms with Gasteiger partial charge in [-0.25, -0.2) is 0 Å². The van der Waals surface area contributed by atoms with Gasteiger partial charge in [-0.1, -0.05) is 30.3 Å². The molecule has 0 N–H and O–H groups in total. The summed E-state index contributed by atoms with van der Waals surface area (Å²) in [6.45, 7) is 0. The van der Waals surface area contributed by atoms with Crippen molar-refractivity contribution in [2.24, 2.45) is 0 Å². The number of benzene rings is 1. The SMILES string of the molecule is Ic1cc(-c2ccccc2)c(I)s1. The van der Waals surface area contributed by atoms with Gasteiger partial charge in [-0.15, -0.1) is 11.3 Å². The van der Waals surface area contributed by atoms with Crippen molar-refractivity contribution in [2.45, 2.75) is 0 Å². The number of halogens is 2. The number of hydrogen-bond acceptors (Lipinski definition) is 1. The van der Waals surface area contributed by atoms with E-state index in [2.05, 4.69) is 75.5 Å². The Balaban J connectivity index is 2.53. The average Bonchev–Trinajstić information content (AvgIpc) is 2.47. The van der Waals surface area contributed by atoms with Crippen LogP contribution in [0.2, 0.25) is 0 Å². The molecule has 2 aromatic rings. The highest BCUT2D eigenvalue weighted by Crippen LogP contribution is 2.33. The third-order valence-corrected chi connectivity index (χ3v) is 4.67. The van der Waals surface area contributed by atoms with Crippen LogP contribution >= 0.6 is 56.5 Å². The zero-order chi connectivity index (χ0) is 9.26. The lowest BCUT2D eigenvalue weighted by Gasteiger charge is -1.96. The van der Waals surface area contributed by atoms with Crippen molar-refractivity contribution in [2.75, 3.05) is 0 Å². The van der Waals surface area contributed by atoms with Crippen LogP contribution in [-0.4, -0.2) is 0 Å². The molecule has 66 valence electrons. The maximum absolute atomic E-state index is 2.40. The highest BCUT2D eigenvalue weighted by atomic mass is 127. The van der Waals surface area contributed by atoms with Crippen LogP contribution < -0.4 is 0 Å². The Labute approximate surface area is 109 Å². The largest absolute Gasteiger partial charge is 0.122 e. The first-order valence-corrected chi connectivity index (χ1v) is 6.75. The van der Waals surface area contributed by atoms with Gasteiger partial charge in [0.2, 0.25) is 0 Å². The normalized spacial score (nSPS) is 10.3. The van der Waals surface area contributed by atoms with E-state index in [4.69, 9.17) is 0 Å². The zero-order valence-corrected chi connectivity index (χ0v) is 11.8. The summed E-state index contributed by atoms with van der Waals surface area (Å²) in [5.41, 5.74) is 2.67. The van der Waals surface area contributed by atoms with Crippen LogP contribution in [0, 0.1) is 5.77 Å².